The van der Waals surface area contributed by atoms with Crippen LogP contribution in [-0.4, -0.2) is 40.7 Å². The SMILES string of the molecule is COc1cccc([C@H]2O[C@H](CCO)c3nncn3-c3ccc(Cl)cc32)c1OC. The van der Waals surface area contributed by atoms with Crippen LogP contribution in [0.3, 0.4) is 0 Å². The van der Waals surface area contributed by atoms with Gasteiger partial charge in [-0.1, -0.05) is 23.7 Å². The summed E-state index contributed by atoms with van der Waals surface area (Å²) in [6.07, 6.45) is 1.06. The first-order chi connectivity index (χ1) is 13.7. The van der Waals surface area contributed by atoms with Crippen LogP contribution >= 0.6 is 11.6 Å². The maximum atomic E-state index is 9.57. The Morgan fingerprint density at radius 3 is 2.79 bits per heavy atom. The molecule has 1 N–H and O–H groups in total. The molecule has 146 valence electrons. The number of benzene rings is 2. The molecule has 1 aliphatic rings. The second kappa shape index (κ2) is 7.79. The van der Waals surface area contributed by atoms with Gasteiger partial charge in [0.15, 0.2) is 17.3 Å². The summed E-state index contributed by atoms with van der Waals surface area (Å²) < 4.78 is 19.4. The fourth-order valence-corrected chi connectivity index (χ4v) is 3.76. The number of fused-ring (bicyclic) bond motifs is 3. The quantitative estimate of drug-likeness (QED) is 0.705. The van der Waals surface area contributed by atoms with Gasteiger partial charge in [0.2, 0.25) is 0 Å². The molecule has 0 aliphatic carbocycles. The molecule has 8 heteroatoms. The Balaban J connectivity index is 1.95. The lowest BCUT2D eigenvalue weighted by atomic mass is 9.98. The standard InChI is InChI=1S/C20H20ClN3O4/c1-26-16-5-3-4-13(19(16)27-2)18-14-10-12(21)6-7-15(14)24-11-22-23-20(24)17(28-18)8-9-25/h3-7,10-11,17-18,25H,8-9H2,1-2H3/t17-,18-/m1/s1. The molecule has 3 aromatic rings. The number of aliphatic hydroxyl groups is 1. The highest BCUT2D eigenvalue weighted by molar-refractivity contribution is 6.30. The number of aromatic nitrogens is 3. The number of halogens is 1. The number of para-hydroxylation sites is 1. The van der Waals surface area contributed by atoms with Crippen molar-refractivity contribution in [2.24, 2.45) is 0 Å². The summed E-state index contributed by atoms with van der Waals surface area (Å²) in [4.78, 5) is 0. The van der Waals surface area contributed by atoms with Crippen molar-refractivity contribution in [1.82, 2.24) is 14.8 Å². The van der Waals surface area contributed by atoms with E-state index < -0.39 is 12.2 Å². The van der Waals surface area contributed by atoms with Gasteiger partial charge in [-0.15, -0.1) is 10.2 Å². The van der Waals surface area contributed by atoms with E-state index in [9.17, 15) is 5.11 Å². The molecular formula is C20H20ClN3O4. The summed E-state index contributed by atoms with van der Waals surface area (Å²) in [7, 11) is 3.19. The van der Waals surface area contributed by atoms with E-state index in [-0.39, 0.29) is 6.61 Å². The minimum atomic E-state index is -0.503. The molecule has 0 amide bonds. The lowest BCUT2D eigenvalue weighted by Crippen LogP contribution is -2.13. The zero-order valence-electron chi connectivity index (χ0n) is 15.5. The smallest absolute Gasteiger partial charge is 0.166 e. The predicted molar refractivity (Wildman–Crippen MR) is 103 cm³/mol. The second-order valence-electron chi connectivity index (χ2n) is 6.36. The van der Waals surface area contributed by atoms with Crippen molar-refractivity contribution < 1.29 is 19.3 Å². The van der Waals surface area contributed by atoms with Crippen molar-refractivity contribution in [2.45, 2.75) is 18.6 Å². The van der Waals surface area contributed by atoms with Crippen LogP contribution in [-0.2, 0) is 4.74 Å². The topological polar surface area (TPSA) is 78.6 Å². The Morgan fingerprint density at radius 2 is 2.04 bits per heavy atom. The van der Waals surface area contributed by atoms with Crippen molar-refractivity contribution >= 4 is 11.6 Å². The minimum Gasteiger partial charge on any atom is -0.493 e. The molecule has 7 nitrogen and oxygen atoms in total. The van der Waals surface area contributed by atoms with Gasteiger partial charge in [-0.2, -0.15) is 0 Å². The third-order valence-corrected chi connectivity index (χ3v) is 5.04. The van der Waals surface area contributed by atoms with E-state index in [1.807, 2.05) is 41.0 Å². The number of hydrogen-bond acceptors (Lipinski definition) is 6. The third kappa shape index (κ3) is 3.11. The van der Waals surface area contributed by atoms with Gasteiger partial charge >= 0.3 is 0 Å². The van der Waals surface area contributed by atoms with Gasteiger partial charge in [0, 0.05) is 29.2 Å². The van der Waals surface area contributed by atoms with Gasteiger partial charge in [0.25, 0.3) is 0 Å². The van der Waals surface area contributed by atoms with Gasteiger partial charge < -0.3 is 19.3 Å². The summed E-state index contributed by atoms with van der Waals surface area (Å²) in [5, 5.41) is 18.4. The predicted octanol–water partition coefficient (Wildman–Crippen LogP) is 3.48. The number of methoxy groups -OCH3 is 2. The van der Waals surface area contributed by atoms with Gasteiger partial charge in [-0.25, -0.2) is 0 Å². The second-order valence-corrected chi connectivity index (χ2v) is 6.80. The molecule has 2 heterocycles. The first-order valence-electron chi connectivity index (χ1n) is 8.84. The van der Waals surface area contributed by atoms with Crippen LogP contribution in [0.1, 0.15) is 35.6 Å². The van der Waals surface area contributed by atoms with Crippen molar-refractivity contribution in [3.63, 3.8) is 0 Å². The summed E-state index contributed by atoms with van der Waals surface area (Å²) in [5.74, 6) is 1.82. The van der Waals surface area contributed by atoms with Crippen LogP contribution in [0.5, 0.6) is 11.5 Å². The molecule has 2 atom stereocenters. The van der Waals surface area contributed by atoms with E-state index in [2.05, 4.69) is 10.2 Å². The summed E-state index contributed by atoms with van der Waals surface area (Å²) in [6, 6.07) is 11.2. The van der Waals surface area contributed by atoms with Gasteiger partial charge in [0.1, 0.15) is 18.5 Å². The first kappa shape index (κ1) is 18.7. The summed E-state index contributed by atoms with van der Waals surface area (Å²) in [5.41, 5.74) is 2.51. The Kier molecular flexibility index (Phi) is 5.21. The highest BCUT2D eigenvalue weighted by Gasteiger charge is 2.33. The monoisotopic (exact) mass is 401 g/mol. The Hall–Kier alpha value is -2.61. The van der Waals surface area contributed by atoms with Crippen LogP contribution in [0.4, 0.5) is 0 Å². The largest absolute Gasteiger partial charge is 0.493 e. The number of rotatable bonds is 5. The van der Waals surface area contributed by atoms with Crippen molar-refractivity contribution in [3.05, 3.63) is 64.7 Å². The van der Waals surface area contributed by atoms with Gasteiger partial charge in [-0.05, 0) is 24.3 Å². The number of aliphatic hydroxyl groups excluding tert-OH is 1. The van der Waals surface area contributed by atoms with Gasteiger partial charge in [0.05, 0.1) is 19.9 Å². The maximum Gasteiger partial charge on any atom is 0.166 e. The molecule has 0 saturated carbocycles. The molecule has 4 rings (SSSR count). The van der Waals surface area contributed by atoms with E-state index in [1.54, 1.807) is 20.5 Å². The van der Waals surface area contributed by atoms with Crippen LogP contribution in [0.25, 0.3) is 5.69 Å². The molecule has 2 aromatic carbocycles. The number of hydrogen-bond donors (Lipinski definition) is 1. The molecule has 1 aromatic heterocycles. The Morgan fingerprint density at radius 1 is 1.18 bits per heavy atom. The molecule has 0 spiro atoms. The van der Waals surface area contributed by atoms with Crippen molar-refractivity contribution in [2.75, 3.05) is 20.8 Å². The molecule has 0 fully saturated rings. The van der Waals surface area contributed by atoms with Crippen LogP contribution < -0.4 is 9.47 Å². The normalized spacial score (nSPS) is 18.1. The zero-order valence-corrected chi connectivity index (χ0v) is 16.3. The van der Waals surface area contributed by atoms with Crippen LogP contribution in [0.2, 0.25) is 5.02 Å². The van der Waals surface area contributed by atoms with E-state index >= 15 is 0 Å². The Bertz CT molecular complexity index is 991. The average Bonchev–Trinajstić information content (AvgIpc) is 3.15. The molecule has 0 unspecified atom stereocenters. The van der Waals surface area contributed by atoms with E-state index in [4.69, 9.17) is 25.8 Å². The molecule has 0 bridgehead atoms. The van der Waals surface area contributed by atoms with Gasteiger partial charge in [-0.3, -0.25) is 4.57 Å². The molecule has 28 heavy (non-hydrogen) atoms. The summed E-state index contributed by atoms with van der Waals surface area (Å²) in [6.45, 7) is -0.0450. The van der Waals surface area contributed by atoms with E-state index in [0.717, 1.165) is 16.8 Å². The van der Waals surface area contributed by atoms with Crippen LogP contribution in [0.15, 0.2) is 42.7 Å². The highest BCUT2D eigenvalue weighted by Crippen LogP contribution is 2.45. The zero-order chi connectivity index (χ0) is 19.7. The minimum absolute atomic E-state index is 0.0450. The maximum absolute atomic E-state index is 9.57. The van der Waals surface area contributed by atoms with E-state index in [0.29, 0.717) is 28.8 Å². The molecular weight excluding hydrogens is 382 g/mol. The highest BCUT2D eigenvalue weighted by atomic mass is 35.5. The lowest BCUT2D eigenvalue weighted by molar-refractivity contribution is -0.00983. The van der Waals surface area contributed by atoms with Crippen LogP contribution in [0, 0.1) is 0 Å². The Labute approximate surface area is 167 Å². The first-order valence-corrected chi connectivity index (χ1v) is 9.22. The molecule has 0 radical (unpaired) electrons. The summed E-state index contributed by atoms with van der Waals surface area (Å²) >= 11 is 6.32. The fraction of sp³-hybridized carbons (Fsp3) is 0.300. The fourth-order valence-electron chi connectivity index (χ4n) is 3.58. The third-order valence-electron chi connectivity index (χ3n) is 4.80. The van der Waals surface area contributed by atoms with Crippen molar-refractivity contribution in [1.29, 1.82) is 0 Å². The lowest BCUT2D eigenvalue weighted by Gasteiger charge is -2.24. The number of ether oxygens (including phenoxy) is 3. The van der Waals surface area contributed by atoms with E-state index in [1.165, 1.54) is 0 Å². The van der Waals surface area contributed by atoms with Crippen molar-refractivity contribution in [3.8, 4) is 17.2 Å². The average molecular weight is 402 g/mol. The molecule has 1 aliphatic heterocycles. The molecule has 0 saturated heterocycles. The number of nitrogens with zero attached hydrogens (tertiary/aromatic N) is 3.